The second kappa shape index (κ2) is 8.68. The quantitative estimate of drug-likeness (QED) is 0.609. The van der Waals surface area contributed by atoms with E-state index < -0.39 is 5.60 Å². The molecule has 0 spiro atoms. The maximum Gasteiger partial charge on any atom is 0.335 e. The van der Waals surface area contributed by atoms with E-state index in [1.54, 1.807) is 6.26 Å². The van der Waals surface area contributed by atoms with Gasteiger partial charge in [-0.15, -0.1) is 0 Å². The van der Waals surface area contributed by atoms with Gasteiger partial charge in [0.15, 0.2) is 0 Å². The maximum atomic E-state index is 12.4. The lowest BCUT2D eigenvalue weighted by Gasteiger charge is -2.64. The smallest absolute Gasteiger partial charge is 0.335 e. The van der Waals surface area contributed by atoms with Crippen LogP contribution in [0.4, 0.5) is 0 Å². The fourth-order valence-electron chi connectivity index (χ4n) is 9.94. The highest BCUT2D eigenvalue weighted by atomic mass is 16.4. The van der Waals surface area contributed by atoms with E-state index in [0.717, 1.165) is 56.8 Å². The molecule has 0 radical (unpaired) electrons. The van der Waals surface area contributed by atoms with Crippen LogP contribution in [0.1, 0.15) is 83.1 Å². The predicted octanol–water partition coefficient (Wildman–Crippen LogP) is 3.52. The Kier molecular flexibility index (Phi) is 5.99. The summed E-state index contributed by atoms with van der Waals surface area (Å²) in [6.45, 7) is 8.14. The van der Waals surface area contributed by atoms with Crippen molar-refractivity contribution < 1.29 is 14.6 Å². The number of hydrogen-bond donors (Lipinski definition) is 3. The normalized spacial score (nSPS) is 48.1. The molecule has 0 bridgehead atoms. The van der Waals surface area contributed by atoms with E-state index in [-0.39, 0.29) is 29.6 Å². The van der Waals surface area contributed by atoms with E-state index in [9.17, 15) is 15.0 Å². The molecule has 0 amide bonds. The molecule has 5 aliphatic rings. The van der Waals surface area contributed by atoms with E-state index in [1.807, 2.05) is 6.07 Å². The van der Waals surface area contributed by atoms with Gasteiger partial charge in [-0.1, -0.05) is 13.8 Å². The Balaban J connectivity index is 1.21. The van der Waals surface area contributed by atoms with Crippen molar-refractivity contribution in [2.24, 2.45) is 28.6 Å². The van der Waals surface area contributed by atoms with Gasteiger partial charge < -0.3 is 19.9 Å². The summed E-state index contributed by atoms with van der Waals surface area (Å²) < 4.78 is 5.24. The molecule has 1 aromatic rings. The minimum atomic E-state index is -0.631. The van der Waals surface area contributed by atoms with Crippen molar-refractivity contribution in [3.05, 3.63) is 34.4 Å². The molecule has 194 valence electrons. The summed E-state index contributed by atoms with van der Waals surface area (Å²) in [5.41, 5.74) is 0.311. The highest BCUT2D eigenvalue weighted by molar-refractivity contribution is 5.27. The molecule has 1 aliphatic heterocycles. The molecule has 35 heavy (non-hydrogen) atoms. The van der Waals surface area contributed by atoms with Crippen LogP contribution in [-0.4, -0.2) is 59.0 Å². The molecular weight excluding hydrogens is 440 g/mol. The number of hydrogen-bond acceptors (Lipinski definition) is 6. The Labute approximate surface area is 209 Å². The van der Waals surface area contributed by atoms with Gasteiger partial charge in [-0.25, -0.2) is 4.79 Å². The Morgan fingerprint density at radius 1 is 1.09 bits per heavy atom. The first kappa shape index (κ1) is 24.1. The van der Waals surface area contributed by atoms with Crippen LogP contribution in [-0.2, 0) is 0 Å². The van der Waals surface area contributed by atoms with Crippen LogP contribution in [0.5, 0.6) is 0 Å². The molecule has 6 nitrogen and oxygen atoms in total. The van der Waals surface area contributed by atoms with Crippen molar-refractivity contribution in [1.82, 2.24) is 10.2 Å². The molecule has 9 atom stereocenters. The largest absolute Gasteiger partial charge is 0.431 e. The Hall–Kier alpha value is -1.21. The van der Waals surface area contributed by atoms with Crippen molar-refractivity contribution in [2.45, 2.75) is 95.2 Å². The summed E-state index contributed by atoms with van der Waals surface area (Å²) in [4.78, 5) is 14.2. The van der Waals surface area contributed by atoms with Gasteiger partial charge >= 0.3 is 5.63 Å². The summed E-state index contributed by atoms with van der Waals surface area (Å²) in [7, 11) is 0. The molecule has 2 heterocycles. The second-order valence-electron chi connectivity index (χ2n) is 13.1. The summed E-state index contributed by atoms with van der Waals surface area (Å²) in [5.74, 6) is 1.96. The summed E-state index contributed by atoms with van der Waals surface area (Å²) in [5, 5.41) is 25.5. The molecule has 3 N–H and O–H groups in total. The van der Waals surface area contributed by atoms with E-state index >= 15 is 0 Å². The molecule has 5 fully saturated rings. The zero-order valence-electron chi connectivity index (χ0n) is 21.5. The second-order valence-corrected chi connectivity index (χ2v) is 13.1. The lowest BCUT2D eigenvalue weighted by Crippen LogP contribution is -2.63. The van der Waals surface area contributed by atoms with Gasteiger partial charge in [0.2, 0.25) is 0 Å². The van der Waals surface area contributed by atoms with Gasteiger partial charge in [-0.2, -0.15) is 0 Å². The Morgan fingerprint density at radius 2 is 1.94 bits per heavy atom. The molecule has 6 rings (SSSR count). The van der Waals surface area contributed by atoms with Crippen molar-refractivity contribution in [3.63, 3.8) is 0 Å². The van der Waals surface area contributed by atoms with Crippen LogP contribution in [0.15, 0.2) is 27.6 Å². The van der Waals surface area contributed by atoms with Crippen LogP contribution in [0.2, 0.25) is 0 Å². The fourth-order valence-corrected chi connectivity index (χ4v) is 9.94. The van der Waals surface area contributed by atoms with Crippen LogP contribution < -0.4 is 10.9 Å². The molecule has 6 heteroatoms. The fraction of sp³-hybridized carbons (Fsp3) is 0.828. The minimum absolute atomic E-state index is 0.158. The van der Waals surface area contributed by atoms with Crippen molar-refractivity contribution in [2.75, 3.05) is 26.2 Å². The van der Waals surface area contributed by atoms with Crippen LogP contribution in [0, 0.1) is 28.6 Å². The van der Waals surface area contributed by atoms with Gasteiger partial charge in [0, 0.05) is 43.2 Å². The first-order chi connectivity index (χ1) is 16.8. The van der Waals surface area contributed by atoms with Crippen molar-refractivity contribution in [1.29, 1.82) is 0 Å². The Morgan fingerprint density at radius 3 is 2.71 bits per heavy atom. The molecule has 1 saturated heterocycles. The Bertz CT molecular complexity index is 977. The minimum Gasteiger partial charge on any atom is -0.431 e. The molecule has 1 aromatic heterocycles. The molecule has 4 saturated carbocycles. The van der Waals surface area contributed by atoms with Crippen molar-refractivity contribution in [3.8, 4) is 0 Å². The number of nitrogens with zero attached hydrogens (tertiary/aromatic N) is 1. The lowest BCUT2D eigenvalue weighted by molar-refractivity contribution is -0.204. The third-order valence-electron chi connectivity index (χ3n) is 12.0. The SMILES string of the molecule is C[C@]12CC[C@H](N3CCN[C@@H](CO)C3)C[C@H]1CC[C@@H]1[C@@H]2CC[C@]2(C)[C@@H](c3ccc(=O)oc3)CC[C@]12O. The maximum absolute atomic E-state index is 12.4. The van der Waals surface area contributed by atoms with Gasteiger partial charge in [0.05, 0.1) is 18.5 Å². The summed E-state index contributed by atoms with van der Waals surface area (Å²) in [6.07, 6.45) is 11.9. The summed E-state index contributed by atoms with van der Waals surface area (Å²) in [6, 6.07) is 4.32. The number of aliphatic hydroxyl groups excluding tert-OH is 1. The molecular formula is C29H44N2O4. The first-order valence-electron chi connectivity index (χ1n) is 14.2. The number of rotatable bonds is 3. The molecule has 4 aliphatic carbocycles. The molecule has 0 unspecified atom stereocenters. The third-order valence-corrected chi connectivity index (χ3v) is 12.0. The lowest BCUT2D eigenvalue weighted by atomic mass is 9.43. The molecule has 0 aromatic carbocycles. The topological polar surface area (TPSA) is 85.9 Å². The van der Waals surface area contributed by atoms with E-state index in [1.165, 1.54) is 38.2 Å². The number of aliphatic hydroxyl groups is 2. The third kappa shape index (κ3) is 3.61. The summed E-state index contributed by atoms with van der Waals surface area (Å²) >= 11 is 0. The monoisotopic (exact) mass is 484 g/mol. The highest BCUT2D eigenvalue weighted by Gasteiger charge is 2.67. The van der Waals surface area contributed by atoms with Crippen LogP contribution in [0.3, 0.4) is 0 Å². The number of piperazine rings is 1. The zero-order chi connectivity index (χ0) is 24.4. The van der Waals surface area contributed by atoms with Gasteiger partial charge in [0.1, 0.15) is 0 Å². The average molecular weight is 485 g/mol. The number of nitrogens with one attached hydrogen (secondary N) is 1. The van der Waals surface area contributed by atoms with E-state index in [0.29, 0.717) is 23.3 Å². The van der Waals surface area contributed by atoms with Gasteiger partial charge in [-0.05, 0) is 98.5 Å². The van der Waals surface area contributed by atoms with Crippen molar-refractivity contribution >= 4 is 0 Å². The number of fused-ring (bicyclic) bond motifs is 5. The first-order valence-corrected chi connectivity index (χ1v) is 14.2. The average Bonchev–Trinajstić information content (AvgIpc) is 3.15. The van der Waals surface area contributed by atoms with E-state index in [4.69, 9.17) is 4.42 Å². The van der Waals surface area contributed by atoms with Crippen LogP contribution in [0.25, 0.3) is 0 Å². The van der Waals surface area contributed by atoms with E-state index in [2.05, 4.69) is 24.1 Å². The highest BCUT2D eigenvalue weighted by Crippen LogP contribution is 2.70. The predicted molar refractivity (Wildman–Crippen MR) is 135 cm³/mol. The standard InChI is InChI=1S/C29H44N2O4/c1-27-10-7-22(31-14-13-30-21(16-31)17-32)15-20(27)4-5-25-24(27)8-11-28(2)23(9-12-29(25,28)34)19-3-6-26(33)35-18-19/h3,6,18,20-25,30,32,34H,4-5,7-17H2,1-2H3/t20-,21-,22+,23-,24+,25-,27+,28-,29+/m1/s1. The van der Waals surface area contributed by atoms with Crippen LogP contribution >= 0.6 is 0 Å². The van der Waals surface area contributed by atoms with Gasteiger partial charge in [0.25, 0.3) is 0 Å². The van der Waals surface area contributed by atoms with Gasteiger partial charge in [-0.3, -0.25) is 4.90 Å². The zero-order valence-corrected chi connectivity index (χ0v) is 21.5.